The number of halogens is 1. The van der Waals surface area contributed by atoms with Gasteiger partial charge in [0, 0.05) is 10.7 Å². The number of aliphatic hydroxyl groups is 1. The highest BCUT2D eigenvalue weighted by Gasteiger charge is 2.44. The van der Waals surface area contributed by atoms with Crippen LogP contribution in [0.3, 0.4) is 0 Å². The summed E-state index contributed by atoms with van der Waals surface area (Å²) in [7, 11) is 0. The number of aromatic nitrogens is 1. The molecule has 2 nitrogen and oxygen atoms in total. The lowest BCUT2D eigenvalue weighted by Gasteiger charge is -2.07. The summed E-state index contributed by atoms with van der Waals surface area (Å²) in [5.41, 5.74) is 0.153. The van der Waals surface area contributed by atoms with E-state index in [-0.39, 0.29) is 0 Å². The minimum absolute atomic E-state index is 0.625. The Bertz CT molecular complexity index is 283. The van der Waals surface area contributed by atoms with Crippen LogP contribution in [0.15, 0.2) is 22.8 Å². The Morgan fingerprint density at radius 2 is 2.27 bits per heavy atom. The molecule has 1 aliphatic rings. The largest absolute Gasteiger partial charge is 0.384 e. The molecule has 0 bridgehead atoms. The van der Waals surface area contributed by atoms with Crippen molar-refractivity contribution in [3.05, 3.63) is 28.5 Å². The second-order valence-corrected chi connectivity index (χ2v) is 3.72. The molecule has 3 heteroatoms. The molecule has 0 radical (unpaired) electrons. The maximum atomic E-state index is 9.69. The van der Waals surface area contributed by atoms with Gasteiger partial charge in [-0.05, 0) is 40.9 Å². The molecule has 1 saturated carbocycles. The van der Waals surface area contributed by atoms with Crippen LogP contribution in [0.2, 0.25) is 0 Å². The molecule has 1 heterocycles. The van der Waals surface area contributed by atoms with Gasteiger partial charge in [-0.1, -0.05) is 0 Å². The normalized spacial score (nSPS) is 19.8. The molecule has 1 N–H and O–H groups in total. The first-order valence-corrected chi connectivity index (χ1v) is 4.35. The summed E-state index contributed by atoms with van der Waals surface area (Å²) in [6.45, 7) is 0. The van der Waals surface area contributed by atoms with Gasteiger partial charge in [-0.15, -0.1) is 0 Å². The van der Waals surface area contributed by atoms with Crippen LogP contribution in [0, 0.1) is 0 Å². The highest BCUT2D eigenvalue weighted by Crippen LogP contribution is 2.46. The maximum Gasteiger partial charge on any atom is 0.108 e. The molecule has 1 fully saturated rings. The Hall–Kier alpha value is -0.410. The van der Waals surface area contributed by atoms with Gasteiger partial charge in [0.2, 0.25) is 0 Å². The molecule has 0 amide bonds. The highest BCUT2D eigenvalue weighted by molar-refractivity contribution is 9.10. The van der Waals surface area contributed by atoms with Gasteiger partial charge in [-0.3, -0.25) is 4.98 Å². The molecule has 0 atom stereocenters. The molecule has 0 spiro atoms. The van der Waals surface area contributed by atoms with Gasteiger partial charge >= 0.3 is 0 Å². The molecule has 1 aromatic rings. The summed E-state index contributed by atoms with van der Waals surface area (Å²) in [6.07, 6.45) is 3.38. The molecule has 1 aliphatic carbocycles. The third-order valence-electron chi connectivity index (χ3n) is 1.92. The zero-order valence-electron chi connectivity index (χ0n) is 5.92. The number of pyridine rings is 1. The van der Waals surface area contributed by atoms with E-state index < -0.39 is 5.60 Å². The standard InChI is InChI=1S/C8H8BrNO/c9-6-2-1-5-10-7(6)8(11)3-4-8/h1-2,5,11H,3-4H2. The van der Waals surface area contributed by atoms with Crippen molar-refractivity contribution in [2.24, 2.45) is 0 Å². The van der Waals surface area contributed by atoms with E-state index in [2.05, 4.69) is 20.9 Å². The van der Waals surface area contributed by atoms with Gasteiger partial charge < -0.3 is 5.11 Å². The summed E-state index contributed by atoms with van der Waals surface area (Å²) < 4.78 is 0.903. The fourth-order valence-electron chi connectivity index (χ4n) is 1.08. The Morgan fingerprint density at radius 1 is 1.55 bits per heavy atom. The van der Waals surface area contributed by atoms with Crippen LogP contribution in [0.4, 0.5) is 0 Å². The van der Waals surface area contributed by atoms with E-state index in [0.29, 0.717) is 0 Å². The lowest BCUT2D eigenvalue weighted by molar-refractivity contribution is 0.145. The second-order valence-electron chi connectivity index (χ2n) is 2.87. The Labute approximate surface area is 73.4 Å². The molecule has 0 unspecified atom stereocenters. The topological polar surface area (TPSA) is 33.1 Å². The molecule has 1 aromatic heterocycles. The SMILES string of the molecule is OC1(c2ncccc2Br)CC1. The molecular formula is C8H8BrNO. The van der Waals surface area contributed by atoms with Crippen molar-refractivity contribution in [1.82, 2.24) is 4.98 Å². The smallest absolute Gasteiger partial charge is 0.108 e. The monoisotopic (exact) mass is 213 g/mol. The fourth-order valence-corrected chi connectivity index (χ4v) is 1.71. The van der Waals surface area contributed by atoms with Crippen molar-refractivity contribution in [3.8, 4) is 0 Å². The van der Waals surface area contributed by atoms with Crippen molar-refractivity contribution in [2.45, 2.75) is 18.4 Å². The van der Waals surface area contributed by atoms with Crippen LogP contribution in [0.5, 0.6) is 0 Å². The van der Waals surface area contributed by atoms with Crippen molar-refractivity contribution >= 4 is 15.9 Å². The van der Waals surface area contributed by atoms with Gasteiger partial charge in [0.1, 0.15) is 5.60 Å². The van der Waals surface area contributed by atoms with Crippen molar-refractivity contribution in [2.75, 3.05) is 0 Å². The summed E-state index contributed by atoms with van der Waals surface area (Å²) in [4.78, 5) is 4.12. The number of hydrogen-bond donors (Lipinski definition) is 1. The quantitative estimate of drug-likeness (QED) is 0.773. The average molecular weight is 214 g/mol. The van der Waals surface area contributed by atoms with Crippen LogP contribution in [-0.2, 0) is 5.60 Å². The van der Waals surface area contributed by atoms with Crippen molar-refractivity contribution in [1.29, 1.82) is 0 Å². The first-order chi connectivity index (χ1) is 5.22. The van der Waals surface area contributed by atoms with Crippen LogP contribution < -0.4 is 0 Å². The van der Waals surface area contributed by atoms with Crippen LogP contribution in [0.1, 0.15) is 18.5 Å². The minimum atomic E-state index is -0.625. The first kappa shape index (κ1) is 7.25. The van der Waals surface area contributed by atoms with Gasteiger partial charge in [0.05, 0.1) is 5.69 Å². The number of rotatable bonds is 1. The van der Waals surface area contributed by atoms with E-state index >= 15 is 0 Å². The molecular weight excluding hydrogens is 206 g/mol. The predicted octanol–water partition coefficient (Wildman–Crippen LogP) is 1.83. The third kappa shape index (κ3) is 1.19. The molecule has 2 rings (SSSR count). The number of hydrogen-bond acceptors (Lipinski definition) is 2. The zero-order chi connectivity index (χ0) is 7.90. The van der Waals surface area contributed by atoms with Crippen molar-refractivity contribution < 1.29 is 5.11 Å². The van der Waals surface area contributed by atoms with E-state index in [9.17, 15) is 5.11 Å². The van der Waals surface area contributed by atoms with Crippen LogP contribution in [0.25, 0.3) is 0 Å². The first-order valence-electron chi connectivity index (χ1n) is 3.56. The maximum absolute atomic E-state index is 9.69. The lowest BCUT2D eigenvalue weighted by atomic mass is 10.2. The van der Waals surface area contributed by atoms with Crippen molar-refractivity contribution in [3.63, 3.8) is 0 Å². The van der Waals surface area contributed by atoms with Gasteiger partial charge in [0.25, 0.3) is 0 Å². The average Bonchev–Trinajstić information content (AvgIpc) is 2.70. The predicted molar refractivity (Wildman–Crippen MR) is 45.1 cm³/mol. The Morgan fingerprint density at radius 3 is 2.82 bits per heavy atom. The lowest BCUT2D eigenvalue weighted by Crippen LogP contribution is -2.07. The van der Waals surface area contributed by atoms with E-state index in [1.807, 2.05) is 12.1 Å². The van der Waals surface area contributed by atoms with Gasteiger partial charge in [-0.2, -0.15) is 0 Å². The summed E-state index contributed by atoms with van der Waals surface area (Å²) >= 11 is 3.35. The molecule has 0 aromatic carbocycles. The minimum Gasteiger partial charge on any atom is -0.384 e. The molecule has 11 heavy (non-hydrogen) atoms. The molecule has 0 saturated heterocycles. The second kappa shape index (κ2) is 2.29. The molecule has 58 valence electrons. The summed E-state index contributed by atoms with van der Waals surface area (Å²) in [5.74, 6) is 0. The van der Waals surface area contributed by atoms with Gasteiger partial charge in [0.15, 0.2) is 0 Å². The summed E-state index contributed by atoms with van der Waals surface area (Å²) in [6, 6.07) is 3.75. The van der Waals surface area contributed by atoms with Crippen LogP contribution in [-0.4, -0.2) is 10.1 Å². The van der Waals surface area contributed by atoms with Crippen LogP contribution >= 0.6 is 15.9 Å². The van der Waals surface area contributed by atoms with E-state index in [4.69, 9.17) is 0 Å². The number of nitrogens with zero attached hydrogens (tertiary/aromatic N) is 1. The van der Waals surface area contributed by atoms with Gasteiger partial charge in [-0.25, -0.2) is 0 Å². The van der Waals surface area contributed by atoms with E-state index in [0.717, 1.165) is 23.0 Å². The molecule has 0 aliphatic heterocycles. The summed E-state index contributed by atoms with van der Waals surface area (Å²) in [5, 5.41) is 9.69. The van der Waals surface area contributed by atoms with E-state index in [1.165, 1.54) is 0 Å². The Balaban J connectivity index is 2.45. The zero-order valence-corrected chi connectivity index (χ0v) is 7.50. The third-order valence-corrected chi connectivity index (χ3v) is 2.56. The highest BCUT2D eigenvalue weighted by atomic mass is 79.9. The Kier molecular flexibility index (Phi) is 1.51. The van der Waals surface area contributed by atoms with E-state index in [1.54, 1.807) is 6.20 Å². The fraction of sp³-hybridized carbons (Fsp3) is 0.375.